The van der Waals surface area contributed by atoms with Gasteiger partial charge in [0.2, 0.25) is 0 Å². The van der Waals surface area contributed by atoms with E-state index in [1.165, 1.54) is 7.11 Å². The van der Waals surface area contributed by atoms with Crippen molar-refractivity contribution in [1.29, 1.82) is 0 Å². The zero-order chi connectivity index (χ0) is 17.1. The van der Waals surface area contributed by atoms with Crippen molar-refractivity contribution in [1.82, 2.24) is 0 Å². The molecule has 0 aromatic heterocycles. The van der Waals surface area contributed by atoms with Gasteiger partial charge in [0.05, 0.1) is 17.9 Å². The molecule has 1 unspecified atom stereocenters. The van der Waals surface area contributed by atoms with Crippen molar-refractivity contribution < 1.29 is 14.3 Å². The minimum Gasteiger partial charge on any atom is -0.465 e. The van der Waals surface area contributed by atoms with Crippen molar-refractivity contribution in [3.05, 3.63) is 23.8 Å². The van der Waals surface area contributed by atoms with Gasteiger partial charge in [0, 0.05) is 7.11 Å². The molecule has 0 N–H and O–H groups in total. The van der Waals surface area contributed by atoms with Crippen molar-refractivity contribution in [3.8, 4) is 0 Å². The van der Waals surface area contributed by atoms with E-state index < -0.39 is 8.07 Å². The third kappa shape index (κ3) is 2.83. The van der Waals surface area contributed by atoms with E-state index in [1.807, 2.05) is 19.3 Å². The van der Waals surface area contributed by atoms with E-state index in [-0.39, 0.29) is 11.2 Å². The number of esters is 1. The fraction of sp³-hybridized carbons (Fsp3) is 0.722. The highest BCUT2D eigenvalue weighted by Crippen LogP contribution is 2.52. The second-order valence-electron chi connectivity index (χ2n) is 7.18. The molecular formula is C18H32O3Si. The van der Waals surface area contributed by atoms with Crippen molar-refractivity contribution >= 4 is 14.0 Å². The first-order chi connectivity index (χ1) is 10.2. The Morgan fingerprint density at radius 2 is 1.59 bits per heavy atom. The Hall–Kier alpha value is -0.873. The van der Waals surface area contributed by atoms with Crippen LogP contribution in [0.5, 0.6) is 0 Å². The number of carbonyl (C=O) groups is 1. The molecule has 0 heterocycles. The Morgan fingerprint density at radius 1 is 1.09 bits per heavy atom. The van der Waals surface area contributed by atoms with Crippen LogP contribution in [-0.2, 0) is 14.3 Å². The van der Waals surface area contributed by atoms with E-state index in [0.717, 1.165) is 6.42 Å². The number of rotatable bonds is 6. The minimum absolute atomic E-state index is 0.263. The number of carbonyl (C=O) groups excluding carboxylic acids is 1. The van der Waals surface area contributed by atoms with Gasteiger partial charge in [0.15, 0.2) is 0 Å². The summed E-state index contributed by atoms with van der Waals surface area (Å²) >= 11 is 0. The van der Waals surface area contributed by atoms with Gasteiger partial charge in [0.1, 0.15) is 8.07 Å². The van der Waals surface area contributed by atoms with Crippen LogP contribution < -0.4 is 0 Å². The molecule has 0 spiro atoms. The van der Waals surface area contributed by atoms with Gasteiger partial charge in [0.25, 0.3) is 0 Å². The standard InChI is InChI=1S/C18H32O3Si/c1-13(2)22(14(3)4,15(5)6)18(21-8)11-9-16(10-12-18)17(19)20-7/h9-11,13-15H,12H2,1-8H3. The van der Waals surface area contributed by atoms with E-state index in [0.29, 0.717) is 22.2 Å². The lowest BCUT2D eigenvalue weighted by Crippen LogP contribution is -2.64. The third-order valence-corrected chi connectivity index (χ3v) is 13.3. The summed E-state index contributed by atoms with van der Waals surface area (Å²) in [6.07, 6.45) is 6.79. The third-order valence-electron chi connectivity index (χ3n) is 5.54. The summed E-state index contributed by atoms with van der Waals surface area (Å²) in [6.45, 7) is 14.0. The fourth-order valence-electron chi connectivity index (χ4n) is 5.01. The number of hydrogen-bond acceptors (Lipinski definition) is 3. The SMILES string of the molecule is COC(=O)C1=CCC(OC)([Si](C(C)C)(C(C)C)C(C)C)C=C1. The van der Waals surface area contributed by atoms with Crippen LogP contribution in [0.3, 0.4) is 0 Å². The summed E-state index contributed by atoms with van der Waals surface area (Å²) < 4.78 is 11.0. The fourth-order valence-corrected chi connectivity index (χ4v) is 13.1. The molecule has 0 aromatic rings. The summed E-state index contributed by atoms with van der Waals surface area (Å²) in [5, 5.41) is -0.263. The van der Waals surface area contributed by atoms with Crippen LogP contribution in [0.25, 0.3) is 0 Å². The van der Waals surface area contributed by atoms with Gasteiger partial charge in [-0.05, 0) is 29.1 Å². The minimum atomic E-state index is -1.86. The Balaban J connectivity index is 3.37. The van der Waals surface area contributed by atoms with E-state index in [9.17, 15) is 4.79 Å². The molecular weight excluding hydrogens is 292 g/mol. The van der Waals surface area contributed by atoms with Gasteiger partial charge in [-0.15, -0.1) is 0 Å². The molecule has 0 saturated heterocycles. The molecule has 1 atom stereocenters. The topological polar surface area (TPSA) is 35.5 Å². The molecule has 0 radical (unpaired) electrons. The van der Waals surface area contributed by atoms with Gasteiger partial charge < -0.3 is 9.47 Å². The maximum atomic E-state index is 11.7. The van der Waals surface area contributed by atoms with Gasteiger partial charge in [-0.1, -0.05) is 53.7 Å². The molecule has 0 saturated carbocycles. The Morgan fingerprint density at radius 3 is 1.86 bits per heavy atom. The zero-order valence-corrected chi connectivity index (χ0v) is 16.4. The van der Waals surface area contributed by atoms with Crippen LogP contribution in [0.4, 0.5) is 0 Å². The molecule has 3 nitrogen and oxygen atoms in total. The highest BCUT2D eigenvalue weighted by atomic mass is 28.3. The lowest BCUT2D eigenvalue weighted by atomic mass is 10.0. The second kappa shape index (κ2) is 7.13. The average molecular weight is 325 g/mol. The molecule has 1 aliphatic rings. The number of methoxy groups -OCH3 is 2. The van der Waals surface area contributed by atoms with Crippen molar-refractivity contribution in [2.45, 2.75) is 69.8 Å². The quantitative estimate of drug-likeness (QED) is 0.527. The lowest BCUT2D eigenvalue weighted by molar-refractivity contribution is -0.135. The van der Waals surface area contributed by atoms with E-state index in [2.05, 4.69) is 47.6 Å². The molecule has 4 heteroatoms. The van der Waals surface area contributed by atoms with Crippen LogP contribution in [0, 0.1) is 0 Å². The van der Waals surface area contributed by atoms with Crippen LogP contribution in [0.2, 0.25) is 16.6 Å². The summed E-state index contributed by atoms with van der Waals surface area (Å²) in [7, 11) is 1.38. The Labute approximate surface area is 136 Å². The van der Waals surface area contributed by atoms with Crippen molar-refractivity contribution in [2.24, 2.45) is 0 Å². The van der Waals surface area contributed by atoms with Crippen molar-refractivity contribution in [2.75, 3.05) is 14.2 Å². The number of ether oxygens (including phenoxy) is 2. The van der Waals surface area contributed by atoms with Crippen LogP contribution in [-0.4, -0.2) is 33.5 Å². The predicted molar refractivity (Wildman–Crippen MR) is 94.6 cm³/mol. The molecule has 126 valence electrons. The molecule has 22 heavy (non-hydrogen) atoms. The monoisotopic (exact) mass is 324 g/mol. The Bertz CT molecular complexity index is 441. The first-order valence-corrected chi connectivity index (χ1v) is 10.5. The summed E-state index contributed by atoms with van der Waals surface area (Å²) in [5.41, 5.74) is 2.40. The molecule has 0 aromatic carbocycles. The van der Waals surface area contributed by atoms with Crippen LogP contribution in [0.1, 0.15) is 48.0 Å². The van der Waals surface area contributed by atoms with E-state index >= 15 is 0 Å². The van der Waals surface area contributed by atoms with E-state index in [4.69, 9.17) is 9.47 Å². The molecule has 1 aliphatic carbocycles. The predicted octanol–water partition coefficient (Wildman–Crippen LogP) is 4.65. The summed E-state index contributed by atoms with van der Waals surface area (Å²) in [6, 6.07) is 0. The number of hydrogen-bond donors (Lipinski definition) is 0. The summed E-state index contributed by atoms with van der Waals surface area (Å²) in [4.78, 5) is 11.7. The first kappa shape index (κ1) is 19.2. The van der Waals surface area contributed by atoms with Gasteiger partial charge in [-0.2, -0.15) is 0 Å². The highest BCUT2D eigenvalue weighted by molar-refractivity contribution is 6.86. The molecule has 0 bridgehead atoms. The van der Waals surface area contributed by atoms with Gasteiger partial charge in [-0.3, -0.25) is 0 Å². The van der Waals surface area contributed by atoms with Gasteiger partial charge >= 0.3 is 5.97 Å². The average Bonchev–Trinajstić information content (AvgIpc) is 2.46. The molecule has 1 rings (SSSR count). The van der Waals surface area contributed by atoms with Crippen molar-refractivity contribution in [3.63, 3.8) is 0 Å². The van der Waals surface area contributed by atoms with Crippen LogP contribution >= 0.6 is 0 Å². The molecule has 0 aliphatic heterocycles. The van der Waals surface area contributed by atoms with Crippen LogP contribution in [0.15, 0.2) is 23.8 Å². The summed E-state index contributed by atoms with van der Waals surface area (Å²) in [5.74, 6) is -0.271. The smallest absolute Gasteiger partial charge is 0.337 e. The lowest BCUT2D eigenvalue weighted by Gasteiger charge is -2.55. The largest absolute Gasteiger partial charge is 0.465 e. The molecule has 0 amide bonds. The second-order valence-corrected chi connectivity index (χ2v) is 13.4. The zero-order valence-electron chi connectivity index (χ0n) is 15.4. The first-order valence-electron chi connectivity index (χ1n) is 8.22. The normalized spacial score (nSPS) is 22.4. The van der Waals surface area contributed by atoms with Gasteiger partial charge in [-0.25, -0.2) is 4.79 Å². The Kier molecular flexibility index (Phi) is 6.22. The maximum absolute atomic E-state index is 11.7. The maximum Gasteiger partial charge on any atom is 0.337 e. The highest BCUT2D eigenvalue weighted by Gasteiger charge is 2.58. The van der Waals surface area contributed by atoms with E-state index in [1.54, 1.807) is 0 Å². The molecule has 0 fully saturated rings.